The number of methoxy groups -OCH3 is 1. The van der Waals surface area contributed by atoms with Crippen LogP contribution in [-0.2, 0) is 9.53 Å². The molecule has 1 aliphatic carbocycles. The van der Waals surface area contributed by atoms with Crippen molar-refractivity contribution in [2.24, 2.45) is 5.41 Å². The number of nitrogens with zero attached hydrogens (tertiary/aromatic N) is 1. The highest BCUT2D eigenvalue weighted by atomic mass is 32.2. The molecule has 0 atom stereocenters. The van der Waals surface area contributed by atoms with E-state index in [2.05, 4.69) is 9.72 Å². The molecule has 0 unspecified atom stereocenters. The summed E-state index contributed by atoms with van der Waals surface area (Å²) in [5, 5.41) is 9.07. The maximum absolute atomic E-state index is 11.3. The Balaban J connectivity index is 1.99. The molecule has 0 saturated heterocycles. The maximum atomic E-state index is 11.3. The van der Waals surface area contributed by atoms with Crippen LogP contribution in [0.25, 0.3) is 0 Å². The van der Waals surface area contributed by atoms with Crippen LogP contribution in [0.4, 0.5) is 0 Å². The molecule has 0 bridgehead atoms. The minimum Gasteiger partial charge on any atom is -0.478 e. The SMILES string of the molecule is COC(=O)CC1(CSc2ccncc2C(=O)O)CC1. The van der Waals surface area contributed by atoms with Gasteiger partial charge in [-0.05, 0) is 24.3 Å². The Morgan fingerprint density at radius 2 is 2.26 bits per heavy atom. The smallest absolute Gasteiger partial charge is 0.338 e. The van der Waals surface area contributed by atoms with Crippen molar-refractivity contribution in [1.82, 2.24) is 4.98 Å². The molecule has 0 aliphatic heterocycles. The van der Waals surface area contributed by atoms with Gasteiger partial charge in [-0.3, -0.25) is 9.78 Å². The number of carbonyl (C=O) groups excluding carboxylic acids is 1. The summed E-state index contributed by atoms with van der Waals surface area (Å²) in [6, 6.07) is 1.70. The molecule has 6 heteroatoms. The number of thioether (sulfide) groups is 1. The van der Waals surface area contributed by atoms with Gasteiger partial charge in [-0.25, -0.2) is 4.79 Å². The summed E-state index contributed by atoms with van der Waals surface area (Å²) >= 11 is 1.47. The highest BCUT2D eigenvalue weighted by Gasteiger charge is 2.44. The number of carboxylic acid groups (broad SMARTS) is 1. The lowest BCUT2D eigenvalue weighted by Gasteiger charge is -2.13. The van der Waals surface area contributed by atoms with Crippen LogP contribution in [0.5, 0.6) is 0 Å². The van der Waals surface area contributed by atoms with Crippen LogP contribution < -0.4 is 0 Å². The summed E-state index contributed by atoms with van der Waals surface area (Å²) in [7, 11) is 1.39. The Morgan fingerprint density at radius 1 is 1.53 bits per heavy atom. The van der Waals surface area contributed by atoms with Crippen LogP contribution >= 0.6 is 11.8 Å². The average Bonchev–Trinajstić information content (AvgIpc) is 3.16. The molecule has 0 radical (unpaired) electrons. The number of rotatable bonds is 6. The molecule has 1 aromatic rings. The van der Waals surface area contributed by atoms with E-state index in [4.69, 9.17) is 5.11 Å². The molecule has 1 fully saturated rings. The van der Waals surface area contributed by atoms with Crippen LogP contribution in [0, 0.1) is 5.41 Å². The number of carboxylic acids is 1. The monoisotopic (exact) mass is 281 g/mol. The predicted octanol–water partition coefficient (Wildman–Crippen LogP) is 2.22. The number of hydrogen-bond acceptors (Lipinski definition) is 5. The molecule has 2 rings (SSSR count). The van der Waals surface area contributed by atoms with Crippen LogP contribution in [-0.4, -0.2) is 34.9 Å². The standard InChI is InChI=1S/C13H15NO4S/c1-18-11(15)6-13(3-4-13)8-19-10-2-5-14-7-9(10)12(16)17/h2,5,7H,3-4,6,8H2,1H3,(H,16,17). The second kappa shape index (κ2) is 5.61. The number of carbonyl (C=O) groups is 2. The van der Waals surface area contributed by atoms with E-state index in [9.17, 15) is 9.59 Å². The van der Waals surface area contributed by atoms with Crippen molar-refractivity contribution in [2.75, 3.05) is 12.9 Å². The molecule has 0 spiro atoms. The molecule has 0 aromatic carbocycles. The number of esters is 1. The van der Waals surface area contributed by atoms with E-state index in [0.717, 1.165) is 18.6 Å². The first-order chi connectivity index (χ1) is 9.06. The van der Waals surface area contributed by atoms with Crippen LogP contribution in [0.15, 0.2) is 23.4 Å². The third kappa shape index (κ3) is 3.47. The van der Waals surface area contributed by atoms with Crippen molar-refractivity contribution in [3.05, 3.63) is 24.0 Å². The fraction of sp³-hybridized carbons (Fsp3) is 0.462. The Bertz CT molecular complexity index is 499. The van der Waals surface area contributed by atoms with Gasteiger partial charge in [-0.15, -0.1) is 11.8 Å². The second-order valence-corrected chi connectivity index (χ2v) is 5.74. The summed E-state index contributed by atoms with van der Waals surface area (Å²) in [5.41, 5.74) is 0.193. The number of pyridine rings is 1. The lowest BCUT2D eigenvalue weighted by Crippen LogP contribution is -2.13. The van der Waals surface area contributed by atoms with E-state index in [0.29, 0.717) is 11.3 Å². The molecule has 1 heterocycles. The summed E-state index contributed by atoms with van der Waals surface area (Å²) in [6.07, 6.45) is 5.31. The molecular formula is C13H15NO4S. The van der Waals surface area contributed by atoms with Gasteiger partial charge in [-0.2, -0.15) is 0 Å². The summed E-state index contributed by atoms with van der Waals surface area (Å²) in [4.78, 5) is 26.9. The third-order valence-electron chi connectivity index (χ3n) is 3.25. The first kappa shape index (κ1) is 13.9. The van der Waals surface area contributed by atoms with E-state index < -0.39 is 5.97 Å². The van der Waals surface area contributed by atoms with Crippen LogP contribution in [0.3, 0.4) is 0 Å². The van der Waals surface area contributed by atoms with Crippen LogP contribution in [0.1, 0.15) is 29.6 Å². The molecule has 1 N–H and O–H groups in total. The summed E-state index contributed by atoms with van der Waals surface area (Å²) < 4.78 is 4.69. The number of aromatic carboxylic acids is 1. The minimum atomic E-state index is -0.978. The first-order valence-electron chi connectivity index (χ1n) is 5.93. The third-order valence-corrected chi connectivity index (χ3v) is 4.67. The molecule has 1 aliphatic rings. The zero-order valence-electron chi connectivity index (χ0n) is 10.6. The highest BCUT2D eigenvalue weighted by Crippen LogP contribution is 2.52. The minimum absolute atomic E-state index is 0.0171. The molecule has 5 nitrogen and oxygen atoms in total. The van der Waals surface area contributed by atoms with Crippen molar-refractivity contribution in [1.29, 1.82) is 0 Å². The molecule has 19 heavy (non-hydrogen) atoms. The van der Waals surface area contributed by atoms with Gasteiger partial charge < -0.3 is 9.84 Å². The first-order valence-corrected chi connectivity index (χ1v) is 6.92. The lowest BCUT2D eigenvalue weighted by atomic mass is 10.1. The van der Waals surface area contributed by atoms with Crippen molar-refractivity contribution in [3.8, 4) is 0 Å². The van der Waals surface area contributed by atoms with Crippen molar-refractivity contribution >= 4 is 23.7 Å². The van der Waals surface area contributed by atoms with Crippen LogP contribution in [0.2, 0.25) is 0 Å². The van der Waals surface area contributed by atoms with Crippen molar-refractivity contribution in [2.45, 2.75) is 24.2 Å². The van der Waals surface area contributed by atoms with Gasteiger partial charge >= 0.3 is 11.9 Å². The molecule has 1 saturated carbocycles. The molecule has 102 valence electrons. The number of aromatic nitrogens is 1. The Morgan fingerprint density at radius 3 is 2.84 bits per heavy atom. The van der Waals surface area contributed by atoms with Gasteiger partial charge in [0.2, 0.25) is 0 Å². The normalized spacial score (nSPS) is 15.8. The van der Waals surface area contributed by atoms with E-state index in [1.54, 1.807) is 12.3 Å². The average molecular weight is 281 g/mol. The maximum Gasteiger partial charge on any atom is 0.338 e. The van der Waals surface area contributed by atoms with E-state index in [1.165, 1.54) is 25.1 Å². The van der Waals surface area contributed by atoms with E-state index in [-0.39, 0.29) is 16.9 Å². The zero-order chi connectivity index (χ0) is 13.9. The highest BCUT2D eigenvalue weighted by molar-refractivity contribution is 7.99. The summed E-state index contributed by atoms with van der Waals surface area (Å²) in [5.74, 6) is -0.452. The second-order valence-electron chi connectivity index (χ2n) is 4.72. The molecule has 0 amide bonds. The summed E-state index contributed by atoms with van der Waals surface area (Å²) in [6.45, 7) is 0. The van der Waals surface area contributed by atoms with Gasteiger partial charge in [0.1, 0.15) is 0 Å². The predicted molar refractivity (Wildman–Crippen MR) is 70.2 cm³/mol. The molecular weight excluding hydrogens is 266 g/mol. The quantitative estimate of drug-likeness (QED) is 0.636. The molecule has 1 aromatic heterocycles. The van der Waals surface area contributed by atoms with Gasteiger partial charge in [0.15, 0.2) is 0 Å². The van der Waals surface area contributed by atoms with Gasteiger partial charge in [0.05, 0.1) is 19.1 Å². The van der Waals surface area contributed by atoms with Gasteiger partial charge in [-0.1, -0.05) is 0 Å². The fourth-order valence-electron chi connectivity index (χ4n) is 1.83. The van der Waals surface area contributed by atoms with E-state index in [1.807, 2.05) is 0 Å². The van der Waals surface area contributed by atoms with Gasteiger partial charge in [0.25, 0.3) is 0 Å². The number of hydrogen-bond donors (Lipinski definition) is 1. The van der Waals surface area contributed by atoms with Crippen molar-refractivity contribution < 1.29 is 19.4 Å². The Hall–Kier alpha value is -1.56. The Labute approximate surface area is 115 Å². The zero-order valence-corrected chi connectivity index (χ0v) is 11.4. The van der Waals surface area contributed by atoms with Gasteiger partial charge in [0, 0.05) is 23.0 Å². The van der Waals surface area contributed by atoms with Crippen molar-refractivity contribution in [3.63, 3.8) is 0 Å². The number of ether oxygens (including phenoxy) is 1. The van der Waals surface area contributed by atoms with E-state index >= 15 is 0 Å². The topological polar surface area (TPSA) is 76.5 Å². The lowest BCUT2D eigenvalue weighted by molar-refractivity contribution is -0.141. The fourth-order valence-corrected chi connectivity index (χ4v) is 3.13. The largest absolute Gasteiger partial charge is 0.478 e. The Kier molecular flexibility index (Phi) is 4.09.